The van der Waals surface area contributed by atoms with Crippen molar-refractivity contribution < 1.29 is 19.1 Å². The zero-order chi connectivity index (χ0) is 19.8. The SMILES string of the molecule is CCN(CC)C(=O)[C@@H](NC(=O)c1cc(OC)cc(OC)c1)c1ccccc1. The normalized spacial score (nSPS) is 11.4. The Hall–Kier alpha value is -3.02. The predicted molar refractivity (Wildman–Crippen MR) is 104 cm³/mol. The number of amides is 2. The molecule has 0 aliphatic rings. The van der Waals surface area contributed by atoms with E-state index in [4.69, 9.17) is 9.47 Å². The summed E-state index contributed by atoms with van der Waals surface area (Å²) in [6.45, 7) is 4.97. The van der Waals surface area contributed by atoms with Crippen LogP contribution in [0.2, 0.25) is 0 Å². The Morgan fingerprint density at radius 2 is 1.52 bits per heavy atom. The second-order valence-corrected chi connectivity index (χ2v) is 5.93. The molecule has 6 heteroatoms. The summed E-state index contributed by atoms with van der Waals surface area (Å²) < 4.78 is 10.4. The van der Waals surface area contributed by atoms with Crippen molar-refractivity contribution in [2.24, 2.45) is 0 Å². The first-order valence-corrected chi connectivity index (χ1v) is 8.91. The minimum absolute atomic E-state index is 0.144. The molecule has 0 aromatic heterocycles. The predicted octanol–water partition coefficient (Wildman–Crippen LogP) is 3.04. The monoisotopic (exact) mass is 370 g/mol. The molecule has 6 nitrogen and oxygen atoms in total. The Kier molecular flexibility index (Phi) is 7.23. The van der Waals surface area contributed by atoms with E-state index in [1.807, 2.05) is 44.2 Å². The van der Waals surface area contributed by atoms with Crippen LogP contribution in [0.3, 0.4) is 0 Å². The maximum Gasteiger partial charge on any atom is 0.252 e. The number of ether oxygens (including phenoxy) is 2. The number of benzene rings is 2. The van der Waals surface area contributed by atoms with Gasteiger partial charge in [-0.15, -0.1) is 0 Å². The summed E-state index contributed by atoms with van der Waals surface area (Å²) >= 11 is 0. The van der Waals surface area contributed by atoms with Gasteiger partial charge in [0.05, 0.1) is 14.2 Å². The molecule has 0 unspecified atom stereocenters. The molecule has 1 N–H and O–H groups in total. The molecule has 2 amide bonds. The van der Waals surface area contributed by atoms with Gasteiger partial charge in [0.1, 0.15) is 17.5 Å². The van der Waals surface area contributed by atoms with Gasteiger partial charge >= 0.3 is 0 Å². The molecule has 2 aromatic carbocycles. The summed E-state index contributed by atoms with van der Waals surface area (Å²) in [5, 5.41) is 2.86. The zero-order valence-electron chi connectivity index (χ0n) is 16.2. The zero-order valence-corrected chi connectivity index (χ0v) is 16.2. The van der Waals surface area contributed by atoms with E-state index in [9.17, 15) is 9.59 Å². The Bertz CT molecular complexity index is 751. The van der Waals surface area contributed by atoms with Crippen LogP contribution in [0.25, 0.3) is 0 Å². The molecule has 1 atom stereocenters. The standard InChI is InChI=1S/C21H26N2O4/c1-5-23(6-2)21(25)19(15-10-8-7-9-11-15)22-20(24)16-12-17(26-3)14-18(13-16)27-4/h7-14,19H,5-6H2,1-4H3,(H,22,24)/t19-/m0/s1. The third kappa shape index (κ3) is 5.00. The molecule has 0 bridgehead atoms. The lowest BCUT2D eigenvalue weighted by molar-refractivity contribution is -0.133. The van der Waals surface area contributed by atoms with E-state index in [1.165, 1.54) is 14.2 Å². The lowest BCUT2D eigenvalue weighted by Crippen LogP contribution is -2.42. The lowest BCUT2D eigenvalue weighted by Gasteiger charge is -2.26. The van der Waals surface area contributed by atoms with Crippen LogP contribution in [-0.2, 0) is 4.79 Å². The maximum atomic E-state index is 13.0. The highest BCUT2D eigenvalue weighted by atomic mass is 16.5. The second-order valence-electron chi connectivity index (χ2n) is 5.93. The van der Waals surface area contributed by atoms with Crippen molar-refractivity contribution in [1.82, 2.24) is 10.2 Å². The van der Waals surface area contributed by atoms with Crippen molar-refractivity contribution in [1.29, 1.82) is 0 Å². The third-order valence-corrected chi connectivity index (χ3v) is 4.34. The first-order valence-electron chi connectivity index (χ1n) is 8.91. The molecule has 0 aliphatic carbocycles. The molecule has 0 saturated heterocycles. The van der Waals surface area contributed by atoms with Crippen LogP contribution in [0, 0.1) is 0 Å². The van der Waals surface area contributed by atoms with Crippen LogP contribution in [0.15, 0.2) is 48.5 Å². The quantitative estimate of drug-likeness (QED) is 0.776. The van der Waals surface area contributed by atoms with E-state index < -0.39 is 6.04 Å². The number of likely N-dealkylation sites (N-methyl/N-ethyl adjacent to an activating group) is 1. The molecule has 2 aromatic rings. The van der Waals surface area contributed by atoms with Gasteiger partial charge in [0.15, 0.2) is 0 Å². The van der Waals surface area contributed by atoms with Gasteiger partial charge in [0.25, 0.3) is 5.91 Å². The summed E-state index contributed by atoms with van der Waals surface area (Å²) in [5.41, 5.74) is 1.09. The first-order chi connectivity index (χ1) is 13.0. The molecular formula is C21H26N2O4. The van der Waals surface area contributed by atoms with Gasteiger partial charge in [0.2, 0.25) is 5.91 Å². The van der Waals surface area contributed by atoms with Crippen molar-refractivity contribution in [3.63, 3.8) is 0 Å². The minimum atomic E-state index is -0.768. The molecule has 27 heavy (non-hydrogen) atoms. The van der Waals surface area contributed by atoms with Crippen molar-refractivity contribution in [3.05, 3.63) is 59.7 Å². The van der Waals surface area contributed by atoms with Crippen molar-refractivity contribution in [2.45, 2.75) is 19.9 Å². The average molecular weight is 370 g/mol. The number of carbonyl (C=O) groups excluding carboxylic acids is 2. The largest absolute Gasteiger partial charge is 0.497 e. The van der Waals surface area contributed by atoms with E-state index in [0.717, 1.165) is 5.56 Å². The summed E-state index contributed by atoms with van der Waals surface area (Å²) in [4.78, 5) is 27.6. The van der Waals surface area contributed by atoms with E-state index in [-0.39, 0.29) is 11.8 Å². The van der Waals surface area contributed by atoms with Gasteiger partial charge in [-0.2, -0.15) is 0 Å². The molecule has 0 saturated carbocycles. The summed E-state index contributed by atoms with van der Waals surface area (Å²) in [5.74, 6) is 0.493. The van der Waals surface area contributed by atoms with Crippen molar-refractivity contribution >= 4 is 11.8 Å². The highest BCUT2D eigenvalue weighted by molar-refractivity contribution is 5.98. The number of hydrogen-bond acceptors (Lipinski definition) is 4. The van der Waals surface area contributed by atoms with Crippen LogP contribution in [-0.4, -0.2) is 44.0 Å². The average Bonchev–Trinajstić information content (AvgIpc) is 2.72. The van der Waals surface area contributed by atoms with Crippen molar-refractivity contribution in [2.75, 3.05) is 27.3 Å². The summed E-state index contributed by atoms with van der Waals surface area (Å²) in [6.07, 6.45) is 0. The Morgan fingerprint density at radius 1 is 0.963 bits per heavy atom. The number of methoxy groups -OCH3 is 2. The number of hydrogen-bond donors (Lipinski definition) is 1. The fraction of sp³-hybridized carbons (Fsp3) is 0.333. The van der Waals surface area contributed by atoms with E-state index >= 15 is 0 Å². The Labute approximate surface area is 160 Å². The summed E-state index contributed by atoms with van der Waals surface area (Å²) in [7, 11) is 3.04. The van der Waals surface area contributed by atoms with Gasteiger partial charge in [0, 0.05) is 24.7 Å². The first kappa shape index (κ1) is 20.3. The molecule has 0 fully saturated rings. The number of nitrogens with one attached hydrogen (secondary N) is 1. The third-order valence-electron chi connectivity index (χ3n) is 4.34. The number of rotatable bonds is 8. The van der Waals surface area contributed by atoms with Crippen LogP contribution < -0.4 is 14.8 Å². The minimum Gasteiger partial charge on any atom is -0.497 e. The second kappa shape index (κ2) is 9.62. The molecule has 0 heterocycles. The summed E-state index contributed by atoms with van der Waals surface area (Å²) in [6, 6.07) is 13.4. The highest BCUT2D eigenvalue weighted by Gasteiger charge is 2.26. The van der Waals surface area contributed by atoms with Gasteiger partial charge in [-0.3, -0.25) is 9.59 Å². The number of nitrogens with zero attached hydrogens (tertiary/aromatic N) is 1. The molecule has 0 aliphatic heterocycles. The van der Waals surface area contributed by atoms with Crippen LogP contribution >= 0.6 is 0 Å². The number of carbonyl (C=O) groups is 2. The molecule has 0 spiro atoms. The highest BCUT2D eigenvalue weighted by Crippen LogP contribution is 2.24. The maximum absolute atomic E-state index is 13.0. The topological polar surface area (TPSA) is 67.9 Å². The fourth-order valence-corrected chi connectivity index (χ4v) is 2.80. The molecule has 0 radical (unpaired) electrons. The van der Waals surface area contributed by atoms with E-state index in [2.05, 4.69) is 5.32 Å². The lowest BCUT2D eigenvalue weighted by atomic mass is 10.0. The molecule has 144 valence electrons. The smallest absolute Gasteiger partial charge is 0.252 e. The van der Waals surface area contributed by atoms with Gasteiger partial charge in [-0.1, -0.05) is 30.3 Å². The van der Waals surface area contributed by atoms with E-state index in [0.29, 0.717) is 30.2 Å². The van der Waals surface area contributed by atoms with Gasteiger partial charge in [-0.25, -0.2) is 0 Å². The van der Waals surface area contributed by atoms with Gasteiger partial charge < -0.3 is 19.7 Å². The van der Waals surface area contributed by atoms with Crippen LogP contribution in [0.1, 0.15) is 35.8 Å². The van der Waals surface area contributed by atoms with Crippen LogP contribution in [0.5, 0.6) is 11.5 Å². The van der Waals surface area contributed by atoms with Crippen molar-refractivity contribution in [3.8, 4) is 11.5 Å². The molecule has 2 rings (SSSR count). The van der Waals surface area contributed by atoms with Gasteiger partial charge in [-0.05, 0) is 31.5 Å². The Morgan fingerprint density at radius 3 is 2.00 bits per heavy atom. The molecular weight excluding hydrogens is 344 g/mol. The van der Waals surface area contributed by atoms with E-state index in [1.54, 1.807) is 23.1 Å². The Balaban J connectivity index is 2.35. The van der Waals surface area contributed by atoms with Crippen LogP contribution in [0.4, 0.5) is 0 Å². The fourth-order valence-electron chi connectivity index (χ4n) is 2.80.